The van der Waals surface area contributed by atoms with Crippen LogP contribution in [0.25, 0.3) is 0 Å². The van der Waals surface area contributed by atoms with Gasteiger partial charge in [-0.05, 0) is 36.4 Å². The molecule has 1 aliphatic heterocycles. The first-order valence-corrected chi connectivity index (χ1v) is 8.71. The van der Waals surface area contributed by atoms with Gasteiger partial charge >= 0.3 is 0 Å². The summed E-state index contributed by atoms with van der Waals surface area (Å²) in [6.45, 7) is 0. The molecule has 146 valence electrons. The van der Waals surface area contributed by atoms with Crippen LogP contribution in [0.3, 0.4) is 0 Å². The smallest absolute Gasteiger partial charge is 0.278 e. The Hall–Kier alpha value is -4.20. The highest BCUT2D eigenvalue weighted by molar-refractivity contribution is 6.02. The van der Waals surface area contributed by atoms with Crippen molar-refractivity contribution in [2.24, 2.45) is 5.10 Å². The van der Waals surface area contributed by atoms with E-state index < -0.39 is 12.1 Å². The summed E-state index contributed by atoms with van der Waals surface area (Å²) in [5.41, 5.74) is 1.60. The van der Waals surface area contributed by atoms with E-state index in [1.54, 1.807) is 24.3 Å². The van der Waals surface area contributed by atoms with Gasteiger partial charge in [0, 0.05) is 28.9 Å². The Morgan fingerprint density at radius 1 is 0.897 bits per heavy atom. The number of carbonyl (C=O) groups excluding carboxylic acids is 1. The fourth-order valence-electron chi connectivity index (χ4n) is 3.10. The van der Waals surface area contributed by atoms with E-state index in [4.69, 9.17) is 0 Å². The Labute approximate surface area is 165 Å². The SMILES string of the molecule is O=C1c2ccccc2N[C@@H](c2ccc(O)cc2O)N1/N=C\c1ccc(O)cc1O. The summed E-state index contributed by atoms with van der Waals surface area (Å²) < 4.78 is 0. The van der Waals surface area contributed by atoms with Gasteiger partial charge in [-0.2, -0.15) is 5.10 Å². The highest BCUT2D eigenvalue weighted by Crippen LogP contribution is 2.37. The number of hydrogen-bond acceptors (Lipinski definition) is 7. The summed E-state index contributed by atoms with van der Waals surface area (Å²) in [6.07, 6.45) is 0.431. The zero-order chi connectivity index (χ0) is 20.5. The molecule has 1 amide bonds. The highest BCUT2D eigenvalue weighted by Gasteiger charge is 2.34. The Morgan fingerprint density at radius 2 is 1.59 bits per heavy atom. The van der Waals surface area contributed by atoms with Crippen molar-refractivity contribution in [3.63, 3.8) is 0 Å². The summed E-state index contributed by atoms with van der Waals surface area (Å²) in [5, 5.41) is 47.8. The number of hydrogen-bond donors (Lipinski definition) is 5. The second-order valence-electron chi connectivity index (χ2n) is 6.47. The fraction of sp³-hybridized carbons (Fsp3) is 0.0476. The average molecular weight is 391 g/mol. The number of aromatic hydroxyl groups is 4. The third-order valence-corrected chi connectivity index (χ3v) is 4.55. The number of phenolic OH excluding ortho intramolecular Hbond substituents is 4. The molecule has 0 aliphatic carbocycles. The molecule has 0 saturated carbocycles. The lowest BCUT2D eigenvalue weighted by Crippen LogP contribution is -2.39. The third-order valence-electron chi connectivity index (χ3n) is 4.55. The summed E-state index contributed by atoms with van der Waals surface area (Å²) >= 11 is 0. The molecule has 0 saturated heterocycles. The molecule has 29 heavy (non-hydrogen) atoms. The molecule has 1 heterocycles. The number of carbonyl (C=O) groups is 1. The van der Waals surface area contributed by atoms with Crippen LogP contribution in [-0.2, 0) is 0 Å². The number of hydrazone groups is 1. The van der Waals surface area contributed by atoms with E-state index in [0.717, 1.165) is 11.1 Å². The van der Waals surface area contributed by atoms with Crippen LogP contribution >= 0.6 is 0 Å². The predicted molar refractivity (Wildman–Crippen MR) is 106 cm³/mol. The van der Waals surface area contributed by atoms with Crippen molar-refractivity contribution in [1.29, 1.82) is 0 Å². The highest BCUT2D eigenvalue weighted by atomic mass is 16.3. The quantitative estimate of drug-likeness (QED) is 0.437. The molecule has 0 fully saturated rings. The summed E-state index contributed by atoms with van der Waals surface area (Å²) in [6, 6.07) is 15.0. The van der Waals surface area contributed by atoms with Crippen LogP contribution in [0, 0.1) is 0 Å². The molecule has 0 radical (unpaired) electrons. The van der Waals surface area contributed by atoms with Gasteiger partial charge in [0.2, 0.25) is 0 Å². The van der Waals surface area contributed by atoms with Gasteiger partial charge in [0.05, 0.1) is 11.8 Å². The van der Waals surface area contributed by atoms with Gasteiger partial charge in [-0.3, -0.25) is 4.79 Å². The van der Waals surface area contributed by atoms with Crippen LogP contribution in [0.1, 0.15) is 27.7 Å². The van der Waals surface area contributed by atoms with Crippen LogP contribution in [0.4, 0.5) is 5.69 Å². The zero-order valence-electron chi connectivity index (χ0n) is 15.0. The minimum absolute atomic E-state index is 0.101. The fourth-order valence-corrected chi connectivity index (χ4v) is 3.10. The Balaban J connectivity index is 1.78. The normalized spacial score (nSPS) is 15.9. The zero-order valence-corrected chi connectivity index (χ0v) is 15.0. The van der Waals surface area contributed by atoms with Gasteiger partial charge in [0.1, 0.15) is 23.0 Å². The lowest BCUT2D eigenvalue weighted by atomic mass is 10.0. The monoisotopic (exact) mass is 391 g/mol. The third kappa shape index (κ3) is 3.39. The van der Waals surface area contributed by atoms with Crippen molar-refractivity contribution >= 4 is 17.8 Å². The summed E-state index contributed by atoms with van der Waals surface area (Å²) in [4.78, 5) is 13.1. The second-order valence-corrected chi connectivity index (χ2v) is 6.47. The van der Waals surface area contributed by atoms with Gasteiger partial charge in [0.15, 0.2) is 6.17 Å². The van der Waals surface area contributed by atoms with Crippen LogP contribution < -0.4 is 5.32 Å². The molecule has 3 aromatic carbocycles. The molecule has 8 nitrogen and oxygen atoms in total. The largest absolute Gasteiger partial charge is 0.508 e. The van der Waals surface area contributed by atoms with Crippen LogP contribution in [0.5, 0.6) is 23.0 Å². The Kier molecular flexibility index (Phi) is 4.44. The first kappa shape index (κ1) is 18.2. The molecule has 8 heteroatoms. The molecule has 1 aliphatic rings. The van der Waals surface area contributed by atoms with E-state index in [-0.39, 0.29) is 23.0 Å². The first-order valence-electron chi connectivity index (χ1n) is 8.71. The van der Waals surface area contributed by atoms with E-state index >= 15 is 0 Å². The number of fused-ring (bicyclic) bond motifs is 1. The van der Waals surface area contributed by atoms with E-state index in [2.05, 4.69) is 10.4 Å². The molecule has 0 unspecified atom stereocenters. The average Bonchev–Trinajstić information content (AvgIpc) is 2.68. The molecule has 5 N–H and O–H groups in total. The van der Waals surface area contributed by atoms with Crippen molar-refractivity contribution < 1.29 is 25.2 Å². The molecule has 3 aromatic rings. The molecule has 0 bridgehead atoms. The Bertz CT molecular complexity index is 1130. The molecular formula is C21H17N3O5. The van der Waals surface area contributed by atoms with Crippen molar-refractivity contribution in [3.8, 4) is 23.0 Å². The predicted octanol–water partition coefficient (Wildman–Crippen LogP) is 3.11. The van der Waals surface area contributed by atoms with Gasteiger partial charge in [-0.15, -0.1) is 0 Å². The van der Waals surface area contributed by atoms with E-state index in [9.17, 15) is 25.2 Å². The number of rotatable bonds is 3. The summed E-state index contributed by atoms with van der Waals surface area (Å²) in [7, 11) is 0. The van der Waals surface area contributed by atoms with Crippen LogP contribution in [0.2, 0.25) is 0 Å². The van der Waals surface area contributed by atoms with Crippen LogP contribution in [0.15, 0.2) is 65.8 Å². The van der Waals surface area contributed by atoms with Crippen molar-refractivity contribution in [1.82, 2.24) is 5.01 Å². The number of benzene rings is 3. The van der Waals surface area contributed by atoms with Gasteiger partial charge < -0.3 is 25.7 Å². The number of nitrogens with one attached hydrogen (secondary N) is 1. The van der Waals surface area contributed by atoms with Gasteiger partial charge in [-0.25, -0.2) is 5.01 Å². The van der Waals surface area contributed by atoms with Crippen molar-refractivity contribution in [2.45, 2.75) is 6.17 Å². The maximum Gasteiger partial charge on any atom is 0.278 e. The number of amides is 1. The van der Waals surface area contributed by atoms with E-state index in [1.165, 1.54) is 36.5 Å². The van der Waals surface area contributed by atoms with Gasteiger partial charge in [0.25, 0.3) is 5.91 Å². The second kappa shape index (κ2) is 7.08. The molecule has 0 aromatic heterocycles. The van der Waals surface area contributed by atoms with E-state index in [0.29, 0.717) is 22.4 Å². The first-order chi connectivity index (χ1) is 13.9. The molecule has 1 atom stereocenters. The lowest BCUT2D eigenvalue weighted by molar-refractivity contribution is 0.0689. The molecular weight excluding hydrogens is 374 g/mol. The maximum atomic E-state index is 13.1. The number of phenols is 4. The van der Waals surface area contributed by atoms with Crippen molar-refractivity contribution in [3.05, 3.63) is 77.4 Å². The molecule has 0 spiro atoms. The lowest BCUT2D eigenvalue weighted by Gasteiger charge is -2.34. The number of anilines is 1. The summed E-state index contributed by atoms with van der Waals surface area (Å²) in [5.74, 6) is -1.03. The number of nitrogens with zero attached hydrogens (tertiary/aromatic N) is 2. The minimum Gasteiger partial charge on any atom is -0.508 e. The van der Waals surface area contributed by atoms with E-state index in [1.807, 2.05) is 0 Å². The maximum absolute atomic E-state index is 13.1. The standard InChI is InChI=1S/C21H17N3O5/c25-13-6-5-12(18(27)9-13)11-22-24-20(16-8-7-14(26)10-19(16)28)23-17-4-2-1-3-15(17)21(24)29/h1-11,20,23,25-28H/b22-11-/t20-/m1/s1. The van der Waals surface area contributed by atoms with Gasteiger partial charge in [-0.1, -0.05) is 12.1 Å². The Morgan fingerprint density at radius 3 is 2.31 bits per heavy atom. The molecule has 4 rings (SSSR count). The minimum atomic E-state index is -0.853. The van der Waals surface area contributed by atoms with Crippen molar-refractivity contribution in [2.75, 3.05) is 5.32 Å². The van der Waals surface area contributed by atoms with Crippen LogP contribution in [-0.4, -0.2) is 37.6 Å². The number of para-hydroxylation sites is 1. The topological polar surface area (TPSA) is 126 Å².